The standard InChI is InChI=1S/C18H19NO3/c1-14(19-20)8-9-15-10-11-17(18(12-15)21-2)22-13-16-6-4-3-5-7-16/h3-12,20H,13H2,1-2H3/b9-8-,19-14-. The second kappa shape index (κ2) is 7.88. The number of benzene rings is 2. The summed E-state index contributed by atoms with van der Waals surface area (Å²) in [5.41, 5.74) is 2.57. The molecule has 2 aromatic carbocycles. The van der Waals surface area contributed by atoms with Gasteiger partial charge in [-0.2, -0.15) is 0 Å². The Balaban J connectivity index is 2.10. The molecule has 0 aliphatic carbocycles. The van der Waals surface area contributed by atoms with Gasteiger partial charge < -0.3 is 14.7 Å². The zero-order chi connectivity index (χ0) is 15.8. The van der Waals surface area contributed by atoms with Gasteiger partial charge in [0.05, 0.1) is 12.8 Å². The Labute approximate surface area is 130 Å². The summed E-state index contributed by atoms with van der Waals surface area (Å²) < 4.78 is 11.2. The van der Waals surface area contributed by atoms with Crippen LogP contribution in [0.4, 0.5) is 0 Å². The van der Waals surface area contributed by atoms with E-state index in [-0.39, 0.29) is 0 Å². The van der Waals surface area contributed by atoms with Crippen molar-refractivity contribution in [3.63, 3.8) is 0 Å². The molecule has 114 valence electrons. The molecule has 0 atom stereocenters. The molecule has 0 fully saturated rings. The Hall–Kier alpha value is -2.75. The molecule has 0 saturated heterocycles. The largest absolute Gasteiger partial charge is 0.493 e. The average molecular weight is 297 g/mol. The molecule has 0 aliphatic rings. The van der Waals surface area contributed by atoms with Crippen molar-refractivity contribution >= 4 is 11.8 Å². The summed E-state index contributed by atoms with van der Waals surface area (Å²) in [6.45, 7) is 2.20. The van der Waals surface area contributed by atoms with Crippen molar-refractivity contribution in [1.82, 2.24) is 0 Å². The lowest BCUT2D eigenvalue weighted by Gasteiger charge is -2.11. The van der Waals surface area contributed by atoms with E-state index in [1.807, 2.05) is 54.6 Å². The van der Waals surface area contributed by atoms with Crippen molar-refractivity contribution in [2.45, 2.75) is 13.5 Å². The first-order valence-corrected chi connectivity index (χ1v) is 6.94. The Kier molecular flexibility index (Phi) is 5.60. The summed E-state index contributed by atoms with van der Waals surface area (Å²) in [5, 5.41) is 11.7. The number of oxime groups is 1. The third-order valence-corrected chi connectivity index (χ3v) is 3.10. The molecule has 2 rings (SSSR count). The van der Waals surface area contributed by atoms with Gasteiger partial charge in [0, 0.05) is 0 Å². The number of rotatable bonds is 6. The maximum Gasteiger partial charge on any atom is 0.161 e. The predicted molar refractivity (Wildman–Crippen MR) is 87.7 cm³/mol. The Morgan fingerprint density at radius 2 is 1.91 bits per heavy atom. The smallest absolute Gasteiger partial charge is 0.161 e. The topological polar surface area (TPSA) is 51.0 Å². The van der Waals surface area contributed by atoms with Crippen LogP contribution >= 0.6 is 0 Å². The molecular formula is C18H19NO3. The lowest BCUT2D eigenvalue weighted by molar-refractivity contribution is 0.284. The van der Waals surface area contributed by atoms with E-state index in [1.54, 1.807) is 20.1 Å². The molecule has 0 saturated carbocycles. The van der Waals surface area contributed by atoms with Gasteiger partial charge in [0.2, 0.25) is 0 Å². The third-order valence-electron chi connectivity index (χ3n) is 3.10. The quantitative estimate of drug-likeness (QED) is 0.495. The zero-order valence-corrected chi connectivity index (χ0v) is 12.7. The molecule has 22 heavy (non-hydrogen) atoms. The lowest BCUT2D eigenvalue weighted by Crippen LogP contribution is -1.97. The van der Waals surface area contributed by atoms with Crippen LogP contribution in [-0.4, -0.2) is 18.0 Å². The van der Waals surface area contributed by atoms with E-state index in [2.05, 4.69) is 5.16 Å². The number of nitrogens with zero attached hydrogens (tertiary/aromatic N) is 1. The molecule has 0 radical (unpaired) electrons. The molecule has 2 aromatic rings. The molecule has 1 N–H and O–H groups in total. The fourth-order valence-electron chi connectivity index (χ4n) is 1.89. The van der Waals surface area contributed by atoms with Gasteiger partial charge >= 0.3 is 0 Å². The van der Waals surface area contributed by atoms with Crippen molar-refractivity contribution in [3.05, 3.63) is 65.7 Å². The van der Waals surface area contributed by atoms with Gasteiger partial charge in [-0.25, -0.2) is 0 Å². The highest BCUT2D eigenvalue weighted by atomic mass is 16.5. The van der Waals surface area contributed by atoms with Crippen molar-refractivity contribution in [1.29, 1.82) is 0 Å². The minimum atomic E-state index is 0.489. The van der Waals surface area contributed by atoms with E-state index in [9.17, 15) is 0 Å². The molecule has 0 aliphatic heterocycles. The fraction of sp³-hybridized carbons (Fsp3) is 0.167. The minimum Gasteiger partial charge on any atom is -0.493 e. The van der Waals surface area contributed by atoms with Crippen molar-refractivity contribution in [2.75, 3.05) is 7.11 Å². The van der Waals surface area contributed by atoms with Crippen LogP contribution in [0.1, 0.15) is 18.1 Å². The first-order valence-electron chi connectivity index (χ1n) is 6.94. The molecular weight excluding hydrogens is 278 g/mol. The number of hydrogen-bond donors (Lipinski definition) is 1. The predicted octanol–water partition coefficient (Wildman–Crippen LogP) is 4.14. The van der Waals surface area contributed by atoms with Gasteiger partial charge in [-0.05, 0) is 36.3 Å². The van der Waals surface area contributed by atoms with E-state index >= 15 is 0 Å². The van der Waals surface area contributed by atoms with E-state index in [0.29, 0.717) is 23.8 Å². The maximum absolute atomic E-state index is 8.63. The van der Waals surface area contributed by atoms with E-state index in [1.165, 1.54) is 0 Å². The number of hydrogen-bond acceptors (Lipinski definition) is 4. The van der Waals surface area contributed by atoms with Crippen molar-refractivity contribution in [2.24, 2.45) is 5.16 Å². The molecule has 0 amide bonds. The second-order valence-corrected chi connectivity index (χ2v) is 4.76. The minimum absolute atomic E-state index is 0.489. The highest BCUT2D eigenvalue weighted by molar-refractivity contribution is 5.95. The van der Waals surface area contributed by atoms with Crippen LogP contribution in [0.15, 0.2) is 59.8 Å². The van der Waals surface area contributed by atoms with E-state index in [0.717, 1.165) is 11.1 Å². The second-order valence-electron chi connectivity index (χ2n) is 4.76. The summed E-state index contributed by atoms with van der Waals surface area (Å²) in [5.74, 6) is 1.35. The van der Waals surface area contributed by atoms with Gasteiger partial charge in [-0.3, -0.25) is 0 Å². The molecule has 0 heterocycles. The number of methoxy groups -OCH3 is 1. The Morgan fingerprint density at radius 1 is 1.14 bits per heavy atom. The van der Waals surface area contributed by atoms with Gasteiger partial charge in [0.25, 0.3) is 0 Å². The average Bonchev–Trinajstić information content (AvgIpc) is 2.58. The SMILES string of the molecule is COc1cc(/C=C\C(C)=N/O)ccc1OCc1ccccc1. The van der Waals surface area contributed by atoms with Crippen LogP contribution in [0.25, 0.3) is 6.08 Å². The van der Waals surface area contributed by atoms with E-state index < -0.39 is 0 Å². The van der Waals surface area contributed by atoms with Gasteiger partial charge in [-0.1, -0.05) is 47.6 Å². The summed E-state index contributed by atoms with van der Waals surface area (Å²) in [6.07, 6.45) is 3.57. The molecule has 0 spiro atoms. The van der Waals surface area contributed by atoms with Crippen LogP contribution in [0.2, 0.25) is 0 Å². The molecule has 4 nitrogen and oxygen atoms in total. The van der Waals surface area contributed by atoms with Crippen LogP contribution in [0.3, 0.4) is 0 Å². The van der Waals surface area contributed by atoms with Crippen molar-refractivity contribution in [3.8, 4) is 11.5 Å². The summed E-state index contributed by atoms with van der Waals surface area (Å²) >= 11 is 0. The summed E-state index contributed by atoms with van der Waals surface area (Å²) in [6, 6.07) is 15.6. The van der Waals surface area contributed by atoms with Crippen molar-refractivity contribution < 1.29 is 14.7 Å². The monoisotopic (exact) mass is 297 g/mol. The van der Waals surface area contributed by atoms with Gasteiger partial charge in [0.15, 0.2) is 11.5 Å². The third kappa shape index (κ3) is 4.38. The molecule has 0 aromatic heterocycles. The maximum atomic E-state index is 8.63. The first kappa shape index (κ1) is 15.6. The number of ether oxygens (including phenoxy) is 2. The van der Waals surface area contributed by atoms with Crippen LogP contribution in [0.5, 0.6) is 11.5 Å². The Bertz CT molecular complexity index is 663. The molecule has 0 unspecified atom stereocenters. The van der Waals surface area contributed by atoms with Crippen LogP contribution < -0.4 is 9.47 Å². The molecule has 0 bridgehead atoms. The van der Waals surface area contributed by atoms with Crippen LogP contribution in [-0.2, 0) is 6.61 Å². The zero-order valence-electron chi connectivity index (χ0n) is 12.7. The first-order chi connectivity index (χ1) is 10.7. The van der Waals surface area contributed by atoms with Gasteiger partial charge in [0.1, 0.15) is 6.61 Å². The fourth-order valence-corrected chi connectivity index (χ4v) is 1.89. The lowest BCUT2D eigenvalue weighted by atomic mass is 10.1. The normalized spacial score (nSPS) is 11.6. The highest BCUT2D eigenvalue weighted by Gasteiger charge is 2.05. The van der Waals surface area contributed by atoms with Crippen LogP contribution in [0, 0.1) is 0 Å². The Morgan fingerprint density at radius 3 is 2.59 bits per heavy atom. The van der Waals surface area contributed by atoms with Gasteiger partial charge in [-0.15, -0.1) is 0 Å². The molecule has 4 heteroatoms. The summed E-state index contributed by atoms with van der Waals surface area (Å²) in [7, 11) is 1.61. The van der Waals surface area contributed by atoms with E-state index in [4.69, 9.17) is 14.7 Å². The highest BCUT2D eigenvalue weighted by Crippen LogP contribution is 2.29. The number of allylic oxidation sites excluding steroid dienone is 1. The summed E-state index contributed by atoms with van der Waals surface area (Å²) in [4.78, 5) is 0.